The zero-order valence-electron chi connectivity index (χ0n) is 51.8. The summed E-state index contributed by atoms with van der Waals surface area (Å²) in [6, 6.07) is 18.3. The van der Waals surface area contributed by atoms with Crippen molar-refractivity contribution in [1.82, 2.24) is 59.0 Å². The molecular formula is C63H69N17O10S3. The number of fused-ring (bicyclic) bond motifs is 3. The summed E-state index contributed by atoms with van der Waals surface area (Å²) in [4.78, 5) is 57.6. The van der Waals surface area contributed by atoms with Crippen LogP contribution in [-0.4, -0.2) is 178 Å². The highest BCUT2D eigenvalue weighted by molar-refractivity contribution is 7.94. The molecule has 93 heavy (non-hydrogen) atoms. The molecule has 0 unspecified atom stereocenters. The smallest absolute Gasteiger partial charge is 0.272 e. The Hall–Kier alpha value is -9.01. The van der Waals surface area contributed by atoms with Crippen molar-refractivity contribution in [2.45, 2.75) is 139 Å². The van der Waals surface area contributed by atoms with E-state index in [1.807, 2.05) is 18.2 Å². The van der Waals surface area contributed by atoms with Gasteiger partial charge < -0.3 is 14.7 Å². The number of terminal acetylenes is 1. The van der Waals surface area contributed by atoms with E-state index < -0.39 is 43.8 Å². The number of azide groups is 1. The maximum Gasteiger partial charge on any atom is 0.272 e. The van der Waals surface area contributed by atoms with E-state index in [0.29, 0.717) is 160 Å². The SMILES string of the molecule is C#Cc1nn(C)c2c1CCN(CC1(S(=O)(=O)C3CC3)CC1)C2=O.Cn1nc(-c2cn(Cc3ccc(C#N)cc3)nn2)c2c1C(=O)N(CC1(S(=O)(=O)C3CC3)CC1)CC2.Cn1nc(C=O)c2c1C(=O)N(CC1(S(=O)(=O)C3CC3)CC1)CC2.N#Cc1ccc(CN=[N+]=[N-])cc1. The van der Waals surface area contributed by atoms with Crippen LogP contribution in [0.5, 0.6) is 0 Å². The first-order chi connectivity index (χ1) is 44.5. The molecule has 27 nitrogen and oxygen atoms in total. The minimum absolute atomic E-state index is 0.153. The molecule has 7 heterocycles. The van der Waals surface area contributed by atoms with Gasteiger partial charge in [0.2, 0.25) is 0 Å². The van der Waals surface area contributed by atoms with Crippen LogP contribution >= 0.6 is 0 Å². The number of hydrogen-bond acceptors (Lipinski definition) is 18. The lowest BCUT2D eigenvalue weighted by molar-refractivity contribution is 0.0716. The normalized spacial score (nSPS) is 19.4. The Morgan fingerprint density at radius 2 is 1.02 bits per heavy atom. The summed E-state index contributed by atoms with van der Waals surface area (Å²) < 4.78 is 80.4. The molecule has 3 aliphatic heterocycles. The van der Waals surface area contributed by atoms with E-state index in [1.54, 1.807) is 87.8 Å². The van der Waals surface area contributed by atoms with Crippen LogP contribution in [-0.2, 0) is 83.0 Å². The molecule has 0 spiro atoms. The van der Waals surface area contributed by atoms with Gasteiger partial charge in [-0.1, -0.05) is 34.6 Å². The molecule has 0 saturated heterocycles. The van der Waals surface area contributed by atoms with Crippen molar-refractivity contribution < 1.29 is 44.4 Å². The highest BCUT2D eigenvalue weighted by atomic mass is 32.2. The number of rotatable bonds is 18. The number of carbonyl (C=O) groups is 4. The van der Waals surface area contributed by atoms with Gasteiger partial charge in [-0.05, 0) is 143 Å². The van der Waals surface area contributed by atoms with Crippen molar-refractivity contribution in [3.8, 4) is 35.9 Å². The maximum atomic E-state index is 13.4. The molecule has 9 aliphatic rings. The number of aldehydes is 1. The van der Waals surface area contributed by atoms with E-state index in [4.69, 9.17) is 22.5 Å². The van der Waals surface area contributed by atoms with E-state index in [0.717, 1.165) is 60.8 Å². The van der Waals surface area contributed by atoms with Gasteiger partial charge in [0.15, 0.2) is 35.8 Å². The van der Waals surface area contributed by atoms with E-state index in [1.165, 1.54) is 9.36 Å². The molecule has 6 aromatic rings. The fourth-order valence-electron chi connectivity index (χ4n) is 13.0. The third kappa shape index (κ3) is 12.2. The standard InChI is InChI=1S/C24H25N7O3S.C16H19N3O3S.C15H19N3O4S.C8H6N4/c1-29-22-19(8-11-30(23(22)32)15-24(9-10-24)35(33,34)18-6-7-18)21(27-29)20-14-31(28-26-20)13-17-4-2-16(12-25)3-5-17;1-3-13-12-6-9-19(15(20)14(12)18(2)17-13)10-16(7-8-16)23(21,22)11-4-5-11;1-17-13-11(12(8-19)16-17)4-7-18(14(13)20)9-15(5-6-15)23(21,22)10-2-3-10;9-5-7-1-3-8(4-2-7)6-11-12-10/h2-5,14,18H,6-11,13,15H2,1H3;1,11H,4-10H2,2H3;8,10H,2-7,9H2,1H3;1-4H,6H2. The van der Waals surface area contributed by atoms with Crippen LogP contribution in [0.25, 0.3) is 21.8 Å². The lowest BCUT2D eigenvalue weighted by Crippen LogP contribution is -2.46. The highest BCUT2D eigenvalue weighted by Gasteiger charge is 2.63. The number of aromatic nitrogens is 9. The number of amides is 3. The first kappa shape index (κ1) is 64.1. The van der Waals surface area contributed by atoms with Gasteiger partial charge >= 0.3 is 0 Å². The van der Waals surface area contributed by atoms with Gasteiger partial charge in [0.05, 0.1) is 72.5 Å². The minimum atomic E-state index is -3.18. The summed E-state index contributed by atoms with van der Waals surface area (Å²) in [5.74, 6) is 1.98. The summed E-state index contributed by atoms with van der Waals surface area (Å²) in [5.41, 5.74) is 16.9. The number of carbonyl (C=O) groups excluding carboxylic acids is 4. The second-order valence-electron chi connectivity index (χ2n) is 25.7. The Labute approximate surface area is 538 Å². The summed E-state index contributed by atoms with van der Waals surface area (Å²) in [6.07, 6.45) is 18.2. The molecule has 15 rings (SSSR count). The predicted octanol–water partition coefficient (Wildman–Crippen LogP) is 4.93. The third-order valence-electron chi connectivity index (χ3n) is 19.2. The Bertz CT molecular complexity index is 4560. The lowest BCUT2D eigenvalue weighted by Gasteiger charge is -2.31. The highest BCUT2D eigenvalue weighted by Crippen LogP contribution is 2.53. The van der Waals surface area contributed by atoms with Gasteiger partial charge in [-0.3, -0.25) is 33.2 Å². The van der Waals surface area contributed by atoms with Crippen LogP contribution in [0.3, 0.4) is 0 Å². The third-order valence-corrected chi connectivity index (χ3v) is 28.5. The fraction of sp³-hybridized carbons (Fsp3) is 0.508. The van der Waals surface area contributed by atoms with Crippen LogP contribution in [0.4, 0.5) is 0 Å². The van der Waals surface area contributed by atoms with Crippen LogP contribution in [0.1, 0.15) is 164 Å². The van der Waals surface area contributed by atoms with Gasteiger partial charge in [0.25, 0.3) is 17.7 Å². The lowest BCUT2D eigenvalue weighted by atomic mass is 10.0. The zero-order chi connectivity index (χ0) is 66.0. The molecule has 6 fully saturated rings. The molecule has 0 atom stereocenters. The maximum absolute atomic E-state index is 13.4. The first-order valence-electron chi connectivity index (χ1n) is 31.0. The van der Waals surface area contributed by atoms with Crippen molar-refractivity contribution in [3.63, 3.8) is 0 Å². The van der Waals surface area contributed by atoms with Crippen molar-refractivity contribution in [1.29, 1.82) is 10.5 Å². The molecule has 3 amide bonds. The van der Waals surface area contributed by atoms with Gasteiger partial charge in [-0.15, -0.1) is 11.5 Å². The topological polar surface area (TPSA) is 361 Å². The molecule has 6 aliphatic carbocycles. The van der Waals surface area contributed by atoms with Crippen molar-refractivity contribution in [2.75, 3.05) is 39.3 Å². The Morgan fingerprint density at radius 1 is 0.613 bits per heavy atom. The molecular weight excluding hydrogens is 1250 g/mol. The Morgan fingerprint density at radius 3 is 1.44 bits per heavy atom. The quantitative estimate of drug-likeness (QED) is 0.0362. The van der Waals surface area contributed by atoms with Crippen molar-refractivity contribution in [3.05, 3.63) is 133 Å². The van der Waals surface area contributed by atoms with Gasteiger partial charge in [0.1, 0.15) is 39.9 Å². The largest absolute Gasteiger partial charge is 0.335 e. The van der Waals surface area contributed by atoms with E-state index in [9.17, 15) is 44.4 Å². The van der Waals surface area contributed by atoms with Crippen molar-refractivity contribution >= 4 is 53.5 Å². The number of sulfone groups is 3. The molecule has 484 valence electrons. The average molecular weight is 1320 g/mol. The molecule has 0 radical (unpaired) electrons. The number of nitriles is 2. The van der Waals surface area contributed by atoms with Crippen LogP contribution < -0.4 is 0 Å². The van der Waals surface area contributed by atoms with Gasteiger partial charge in [0, 0.05) is 82.0 Å². The predicted molar refractivity (Wildman–Crippen MR) is 337 cm³/mol. The van der Waals surface area contributed by atoms with Gasteiger partial charge in [-0.2, -0.15) is 25.8 Å². The van der Waals surface area contributed by atoms with Crippen LogP contribution in [0.15, 0.2) is 59.8 Å². The molecule has 0 bridgehead atoms. The minimum Gasteiger partial charge on any atom is -0.335 e. The molecule has 0 N–H and O–H groups in total. The fourth-order valence-corrected chi connectivity index (χ4v) is 20.4. The summed E-state index contributed by atoms with van der Waals surface area (Å²) in [5, 5.41) is 41.6. The second kappa shape index (κ2) is 24.5. The monoisotopic (exact) mass is 1320 g/mol. The van der Waals surface area contributed by atoms with Crippen molar-refractivity contribution in [2.24, 2.45) is 26.3 Å². The molecule has 30 heteroatoms. The Kier molecular flexibility index (Phi) is 16.9. The summed E-state index contributed by atoms with van der Waals surface area (Å²) in [7, 11) is -4.35. The van der Waals surface area contributed by atoms with Gasteiger partial charge in [-0.25, -0.2) is 29.9 Å². The molecule has 2 aromatic carbocycles. The van der Waals surface area contributed by atoms with Crippen LogP contribution in [0.2, 0.25) is 0 Å². The summed E-state index contributed by atoms with van der Waals surface area (Å²) >= 11 is 0. The van der Waals surface area contributed by atoms with E-state index in [2.05, 4.69) is 47.6 Å². The van der Waals surface area contributed by atoms with E-state index >= 15 is 0 Å². The average Bonchev–Trinajstić information content (AvgIpc) is 1.58. The molecule has 4 aromatic heterocycles. The number of aryl methyl sites for hydroxylation is 3. The molecule has 6 saturated carbocycles. The zero-order valence-corrected chi connectivity index (χ0v) is 54.2. The summed E-state index contributed by atoms with van der Waals surface area (Å²) in [6.45, 7) is 3.10. The Balaban J connectivity index is 0.000000126. The second-order valence-corrected chi connectivity index (χ2v) is 33.6. The van der Waals surface area contributed by atoms with Crippen LogP contribution in [0, 0.1) is 35.0 Å². The first-order valence-corrected chi connectivity index (χ1v) is 35.7. The number of benzene rings is 2. The van der Waals surface area contributed by atoms with E-state index in [-0.39, 0.29) is 46.6 Å². The number of nitrogens with zero attached hydrogens (tertiary/aromatic N) is 17. The number of hydrogen-bond donors (Lipinski definition) is 0.